The first kappa shape index (κ1) is 32.5. The fourth-order valence-electron chi connectivity index (χ4n) is 4.76. The van der Waals surface area contributed by atoms with Crippen molar-refractivity contribution in [2.45, 2.75) is 93.7 Å². The molecule has 7 N–H and O–H groups in total. The minimum Gasteiger partial charge on any atom is -0.481 e. The lowest BCUT2D eigenvalue weighted by Crippen LogP contribution is -2.42. The summed E-state index contributed by atoms with van der Waals surface area (Å²) in [4.78, 5) is 23.6. The van der Waals surface area contributed by atoms with Crippen LogP contribution in [0.4, 0.5) is 5.69 Å². The molecule has 39 heavy (non-hydrogen) atoms. The van der Waals surface area contributed by atoms with E-state index < -0.39 is 34.4 Å². The number of sulfonamides is 1. The standard InChI is InChI=1S/C16H18N2O6S.2C6H13N/c1-18(2)13-7-3-6-11-10(13)5-4-8-14(11)25(23,24)17-12(16(21)22)9-15(19)20;2*7-6-4-2-1-3-5-6/h3-8,12,17H,9H2,1-2H3,(H,19,20)(H,21,22);2*6H,1-5,7H2/t12-;;/m0../s1. The molecule has 4 rings (SSSR count). The number of hydrogen-bond donors (Lipinski definition) is 5. The van der Waals surface area contributed by atoms with Crippen molar-refractivity contribution in [1.82, 2.24) is 4.72 Å². The van der Waals surface area contributed by atoms with Gasteiger partial charge >= 0.3 is 11.9 Å². The van der Waals surface area contributed by atoms with Crippen molar-refractivity contribution in [2.24, 2.45) is 11.5 Å². The molecule has 0 spiro atoms. The molecule has 218 valence electrons. The molecule has 0 heterocycles. The third kappa shape index (κ3) is 10.7. The van der Waals surface area contributed by atoms with Gasteiger partial charge in [0.05, 0.1) is 11.3 Å². The Morgan fingerprint density at radius 1 is 0.872 bits per heavy atom. The Morgan fingerprint density at radius 3 is 1.77 bits per heavy atom. The van der Waals surface area contributed by atoms with E-state index in [0.717, 1.165) is 5.69 Å². The van der Waals surface area contributed by atoms with E-state index in [0.29, 0.717) is 22.9 Å². The third-order valence-electron chi connectivity index (χ3n) is 6.90. The van der Waals surface area contributed by atoms with Gasteiger partial charge in [0.25, 0.3) is 0 Å². The summed E-state index contributed by atoms with van der Waals surface area (Å²) in [5, 5.41) is 18.9. The van der Waals surface area contributed by atoms with E-state index in [4.69, 9.17) is 21.7 Å². The van der Waals surface area contributed by atoms with E-state index in [1.165, 1.54) is 70.3 Å². The molecule has 2 aromatic carbocycles. The average molecular weight is 565 g/mol. The molecule has 10 nitrogen and oxygen atoms in total. The minimum absolute atomic E-state index is 0.106. The highest BCUT2D eigenvalue weighted by atomic mass is 32.2. The topological polar surface area (TPSA) is 176 Å². The van der Waals surface area contributed by atoms with Gasteiger partial charge in [-0.25, -0.2) is 8.42 Å². The predicted octanol–water partition coefficient (Wildman–Crippen LogP) is 3.67. The molecule has 2 fully saturated rings. The van der Waals surface area contributed by atoms with E-state index in [9.17, 15) is 18.0 Å². The number of nitrogens with one attached hydrogen (secondary N) is 1. The summed E-state index contributed by atoms with van der Waals surface area (Å²) in [5.74, 6) is -2.97. The van der Waals surface area contributed by atoms with Crippen molar-refractivity contribution >= 4 is 38.4 Å². The fraction of sp³-hybridized carbons (Fsp3) is 0.571. The normalized spacial score (nSPS) is 17.2. The van der Waals surface area contributed by atoms with Gasteiger partial charge in [-0.1, -0.05) is 62.8 Å². The zero-order valence-electron chi connectivity index (χ0n) is 23.0. The van der Waals surface area contributed by atoms with Crippen molar-refractivity contribution in [1.29, 1.82) is 0 Å². The van der Waals surface area contributed by atoms with E-state index >= 15 is 0 Å². The third-order valence-corrected chi connectivity index (χ3v) is 8.43. The Labute approximate surface area is 231 Å². The average Bonchev–Trinajstić information content (AvgIpc) is 2.88. The zero-order valence-corrected chi connectivity index (χ0v) is 23.8. The van der Waals surface area contributed by atoms with E-state index in [1.54, 1.807) is 24.3 Å². The maximum atomic E-state index is 12.6. The van der Waals surface area contributed by atoms with Crippen LogP contribution in [0.3, 0.4) is 0 Å². The van der Waals surface area contributed by atoms with Crippen LogP contribution in [0.15, 0.2) is 41.3 Å². The highest BCUT2D eigenvalue weighted by molar-refractivity contribution is 7.89. The van der Waals surface area contributed by atoms with Gasteiger partial charge in [0, 0.05) is 42.6 Å². The number of nitrogens with zero attached hydrogens (tertiary/aromatic N) is 1. The van der Waals surface area contributed by atoms with Crippen molar-refractivity contribution in [2.75, 3.05) is 19.0 Å². The summed E-state index contributed by atoms with van der Waals surface area (Å²) in [5.41, 5.74) is 12.1. The molecule has 1 atom stereocenters. The van der Waals surface area contributed by atoms with Crippen molar-refractivity contribution < 1.29 is 28.2 Å². The lowest BCUT2D eigenvalue weighted by Gasteiger charge is -2.18. The Hall–Kier alpha value is -2.73. The molecule has 11 heteroatoms. The summed E-state index contributed by atoms with van der Waals surface area (Å²) in [7, 11) is -0.590. The minimum atomic E-state index is -4.23. The maximum absolute atomic E-state index is 12.6. The number of fused-ring (bicyclic) bond motifs is 1. The second kappa shape index (κ2) is 15.8. The Bertz CT molecular complexity index is 1160. The first-order chi connectivity index (χ1) is 18.4. The molecular weight excluding hydrogens is 520 g/mol. The van der Waals surface area contributed by atoms with Crippen LogP contribution in [0.5, 0.6) is 0 Å². The first-order valence-corrected chi connectivity index (χ1v) is 15.1. The molecule has 0 aliphatic heterocycles. The largest absolute Gasteiger partial charge is 0.481 e. The predicted molar refractivity (Wildman–Crippen MR) is 154 cm³/mol. The second-order valence-corrected chi connectivity index (χ2v) is 12.1. The molecule has 0 unspecified atom stereocenters. The lowest BCUT2D eigenvalue weighted by molar-refractivity contribution is -0.145. The SMILES string of the molecule is CN(C)c1cccc2c(S(=O)(=O)N[C@@H](CC(=O)O)C(=O)O)cccc12.NC1CCCCC1.NC1CCCCC1. The monoisotopic (exact) mass is 564 g/mol. The molecule has 0 radical (unpaired) electrons. The number of rotatable bonds is 7. The second-order valence-electron chi connectivity index (χ2n) is 10.4. The maximum Gasteiger partial charge on any atom is 0.322 e. The molecular formula is C28H44N4O6S. The van der Waals surface area contributed by atoms with Crippen LogP contribution < -0.4 is 21.1 Å². The Kier molecular flexibility index (Phi) is 13.1. The Balaban J connectivity index is 0.000000306. The van der Waals surface area contributed by atoms with Crippen molar-refractivity contribution in [3.05, 3.63) is 36.4 Å². The number of nitrogens with two attached hydrogens (primary N) is 2. The number of hydrogen-bond acceptors (Lipinski definition) is 7. The van der Waals surface area contributed by atoms with Gasteiger partial charge in [0.15, 0.2) is 0 Å². The van der Waals surface area contributed by atoms with Gasteiger partial charge in [-0.3, -0.25) is 9.59 Å². The van der Waals surface area contributed by atoms with Gasteiger partial charge in [-0.05, 0) is 37.8 Å². The van der Waals surface area contributed by atoms with Gasteiger partial charge in [0.1, 0.15) is 6.04 Å². The molecule has 2 aromatic rings. The van der Waals surface area contributed by atoms with Crippen LogP contribution in [0.2, 0.25) is 0 Å². The van der Waals surface area contributed by atoms with Crippen molar-refractivity contribution in [3.8, 4) is 0 Å². The summed E-state index contributed by atoms with van der Waals surface area (Å²) in [6.07, 6.45) is 12.5. The van der Waals surface area contributed by atoms with Crippen LogP contribution in [0.25, 0.3) is 10.8 Å². The zero-order chi connectivity index (χ0) is 29.0. The van der Waals surface area contributed by atoms with Crippen LogP contribution in [0.1, 0.15) is 70.6 Å². The summed E-state index contributed by atoms with van der Waals surface area (Å²) in [6, 6.07) is 9.12. The molecule has 0 amide bonds. The molecule has 0 saturated heterocycles. The first-order valence-electron chi connectivity index (χ1n) is 13.6. The number of benzene rings is 2. The molecule has 0 aromatic heterocycles. The summed E-state index contributed by atoms with van der Waals surface area (Å²) in [6.45, 7) is 0. The number of anilines is 1. The summed E-state index contributed by atoms with van der Waals surface area (Å²) < 4.78 is 27.2. The molecule has 2 aliphatic carbocycles. The van der Waals surface area contributed by atoms with E-state index in [1.807, 2.05) is 29.8 Å². The van der Waals surface area contributed by atoms with Crippen LogP contribution in [-0.4, -0.2) is 62.8 Å². The highest BCUT2D eigenvalue weighted by Gasteiger charge is 2.28. The number of carbonyl (C=O) groups is 2. The quantitative estimate of drug-likeness (QED) is 0.336. The molecule has 2 saturated carbocycles. The molecule has 0 bridgehead atoms. The highest BCUT2D eigenvalue weighted by Crippen LogP contribution is 2.30. The summed E-state index contributed by atoms with van der Waals surface area (Å²) >= 11 is 0. The van der Waals surface area contributed by atoms with Gasteiger partial charge in [-0.2, -0.15) is 4.72 Å². The van der Waals surface area contributed by atoms with E-state index in [-0.39, 0.29) is 4.90 Å². The van der Waals surface area contributed by atoms with Gasteiger partial charge in [0.2, 0.25) is 10.0 Å². The molecule has 2 aliphatic rings. The van der Waals surface area contributed by atoms with Crippen molar-refractivity contribution in [3.63, 3.8) is 0 Å². The lowest BCUT2D eigenvalue weighted by atomic mass is 9.97. The Morgan fingerprint density at radius 2 is 1.36 bits per heavy atom. The van der Waals surface area contributed by atoms with Crippen LogP contribution in [0, 0.1) is 0 Å². The number of aliphatic carboxylic acids is 2. The fourth-order valence-corrected chi connectivity index (χ4v) is 6.17. The van der Waals surface area contributed by atoms with Gasteiger partial charge < -0.3 is 26.6 Å². The smallest absolute Gasteiger partial charge is 0.322 e. The van der Waals surface area contributed by atoms with Gasteiger partial charge in [-0.15, -0.1) is 0 Å². The van der Waals surface area contributed by atoms with E-state index in [2.05, 4.69) is 0 Å². The van der Waals surface area contributed by atoms with Crippen LogP contribution in [-0.2, 0) is 19.6 Å². The number of carboxylic acid groups (broad SMARTS) is 2. The number of carboxylic acids is 2. The van der Waals surface area contributed by atoms with Crippen LogP contribution >= 0.6 is 0 Å².